The monoisotopic (exact) mass is 235 g/mol. The van der Waals surface area contributed by atoms with Gasteiger partial charge in [0.25, 0.3) is 0 Å². The van der Waals surface area contributed by atoms with Gasteiger partial charge >= 0.3 is 5.97 Å². The summed E-state index contributed by atoms with van der Waals surface area (Å²) in [6.07, 6.45) is 0.448. The molecular weight excluding hydrogens is 218 g/mol. The minimum atomic E-state index is -0.295. The lowest BCUT2D eigenvalue weighted by atomic mass is 10.2. The van der Waals surface area contributed by atoms with Gasteiger partial charge in [0, 0.05) is 13.1 Å². The van der Waals surface area contributed by atoms with Crippen LogP contribution in [0.3, 0.4) is 0 Å². The molecule has 0 bridgehead atoms. The number of esters is 1. The lowest BCUT2D eigenvalue weighted by molar-refractivity contribution is -0.146. The van der Waals surface area contributed by atoms with Crippen LogP contribution in [0.1, 0.15) is 12.0 Å². The van der Waals surface area contributed by atoms with Gasteiger partial charge in [-0.05, 0) is 12.0 Å². The summed E-state index contributed by atoms with van der Waals surface area (Å²) in [6.45, 7) is 1.92. The molecule has 1 aromatic rings. The first-order valence-corrected chi connectivity index (χ1v) is 5.84. The Labute approximate surface area is 101 Å². The van der Waals surface area contributed by atoms with Gasteiger partial charge in [-0.15, -0.1) is 0 Å². The molecule has 4 nitrogen and oxygen atoms in total. The number of ether oxygens (including phenoxy) is 1. The number of β-amino-alcohol motifs (C(OH)–C–C–N with tert-alkyl or cyclic N) is 1. The van der Waals surface area contributed by atoms with Crippen molar-refractivity contribution in [2.45, 2.75) is 19.1 Å². The maximum atomic E-state index is 11.5. The SMILES string of the molecule is O=C(CN1CC[C@H](O)C1)OCc1ccccc1. The standard InChI is InChI=1S/C13H17NO3/c15-12-6-7-14(8-12)9-13(16)17-10-11-4-2-1-3-5-11/h1-5,12,15H,6-10H2/t12-/m0/s1. The molecule has 1 aliphatic heterocycles. The van der Waals surface area contributed by atoms with Crippen LogP contribution < -0.4 is 0 Å². The summed E-state index contributed by atoms with van der Waals surface area (Å²) < 4.78 is 5.16. The minimum Gasteiger partial charge on any atom is -0.460 e. The predicted molar refractivity (Wildman–Crippen MR) is 63.3 cm³/mol. The molecule has 0 saturated carbocycles. The molecule has 0 aromatic heterocycles. The van der Waals surface area contributed by atoms with E-state index in [4.69, 9.17) is 4.74 Å². The molecule has 0 aliphatic carbocycles. The molecule has 0 radical (unpaired) electrons. The maximum Gasteiger partial charge on any atom is 0.320 e. The Hall–Kier alpha value is -1.39. The molecule has 1 heterocycles. The molecule has 4 heteroatoms. The molecule has 1 aromatic carbocycles. The zero-order chi connectivity index (χ0) is 12.1. The number of carbonyl (C=O) groups is 1. The van der Waals surface area contributed by atoms with Crippen molar-refractivity contribution in [3.63, 3.8) is 0 Å². The molecule has 1 atom stereocenters. The van der Waals surface area contributed by atoms with Crippen LogP contribution in [-0.4, -0.2) is 41.7 Å². The molecule has 0 unspecified atom stereocenters. The van der Waals surface area contributed by atoms with Crippen molar-refractivity contribution >= 4 is 5.97 Å². The molecule has 0 spiro atoms. The zero-order valence-electron chi connectivity index (χ0n) is 9.71. The van der Waals surface area contributed by atoms with E-state index in [9.17, 15) is 9.90 Å². The van der Waals surface area contributed by atoms with Crippen molar-refractivity contribution < 1.29 is 14.6 Å². The molecule has 1 aliphatic rings. The van der Waals surface area contributed by atoms with Gasteiger partial charge in [-0.25, -0.2) is 0 Å². The number of aliphatic hydroxyl groups excluding tert-OH is 1. The van der Waals surface area contributed by atoms with Crippen LogP contribution in [0.5, 0.6) is 0 Å². The quantitative estimate of drug-likeness (QED) is 0.784. The first kappa shape index (κ1) is 12.1. The van der Waals surface area contributed by atoms with E-state index in [1.807, 2.05) is 35.2 Å². The van der Waals surface area contributed by atoms with Crippen molar-refractivity contribution in [2.24, 2.45) is 0 Å². The van der Waals surface area contributed by atoms with Crippen molar-refractivity contribution in [1.29, 1.82) is 0 Å². The summed E-state index contributed by atoms with van der Waals surface area (Å²) >= 11 is 0. The number of aliphatic hydroxyl groups is 1. The van der Waals surface area contributed by atoms with Gasteiger partial charge in [0.05, 0.1) is 12.6 Å². The van der Waals surface area contributed by atoms with Crippen molar-refractivity contribution in [2.75, 3.05) is 19.6 Å². The van der Waals surface area contributed by atoms with E-state index in [0.29, 0.717) is 13.2 Å². The molecule has 2 rings (SSSR count). The van der Waals surface area contributed by atoms with Crippen LogP contribution in [0, 0.1) is 0 Å². The molecule has 0 amide bonds. The maximum absolute atomic E-state index is 11.5. The number of benzene rings is 1. The van der Waals surface area contributed by atoms with Crippen molar-refractivity contribution in [1.82, 2.24) is 4.90 Å². The third kappa shape index (κ3) is 3.84. The van der Waals surface area contributed by atoms with Crippen LogP contribution in [0.15, 0.2) is 30.3 Å². The van der Waals surface area contributed by atoms with E-state index in [-0.39, 0.29) is 18.6 Å². The summed E-state index contributed by atoms with van der Waals surface area (Å²) in [7, 11) is 0. The number of nitrogens with zero attached hydrogens (tertiary/aromatic N) is 1. The first-order chi connectivity index (χ1) is 8.24. The van der Waals surface area contributed by atoms with E-state index in [2.05, 4.69) is 0 Å². The fourth-order valence-electron chi connectivity index (χ4n) is 1.92. The van der Waals surface area contributed by atoms with Gasteiger partial charge in [0.2, 0.25) is 0 Å². The third-order valence-electron chi connectivity index (χ3n) is 2.84. The van der Waals surface area contributed by atoms with Gasteiger partial charge in [0.1, 0.15) is 6.61 Å². The predicted octanol–water partition coefficient (Wildman–Crippen LogP) is 0.796. The number of likely N-dealkylation sites (tertiary alicyclic amines) is 1. The van der Waals surface area contributed by atoms with Crippen LogP contribution in [-0.2, 0) is 16.1 Å². The third-order valence-corrected chi connectivity index (χ3v) is 2.84. The van der Waals surface area contributed by atoms with Gasteiger partial charge < -0.3 is 9.84 Å². The van der Waals surface area contributed by atoms with Gasteiger partial charge in [-0.3, -0.25) is 9.69 Å². The Morgan fingerprint density at radius 1 is 1.41 bits per heavy atom. The van der Waals surface area contributed by atoms with E-state index in [1.54, 1.807) is 0 Å². The molecular formula is C13H17NO3. The summed E-state index contributed by atoms with van der Waals surface area (Å²) in [4.78, 5) is 13.4. The van der Waals surface area contributed by atoms with E-state index in [0.717, 1.165) is 18.5 Å². The number of hydrogen-bond donors (Lipinski definition) is 1. The fraction of sp³-hybridized carbons (Fsp3) is 0.462. The van der Waals surface area contributed by atoms with Gasteiger partial charge in [-0.2, -0.15) is 0 Å². The Bertz CT molecular complexity index is 366. The Morgan fingerprint density at radius 3 is 2.82 bits per heavy atom. The van der Waals surface area contributed by atoms with E-state index in [1.165, 1.54) is 0 Å². The molecule has 92 valence electrons. The minimum absolute atomic E-state index is 0.233. The van der Waals surface area contributed by atoms with E-state index < -0.39 is 0 Å². The largest absolute Gasteiger partial charge is 0.460 e. The molecule has 1 N–H and O–H groups in total. The van der Waals surface area contributed by atoms with Crippen molar-refractivity contribution in [3.05, 3.63) is 35.9 Å². The average Bonchev–Trinajstić information content (AvgIpc) is 2.73. The Balaban J connectivity index is 1.71. The molecule has 1 fully saturated rings. The lowest BCUT2D eigenvalue weighted by Crippen LogP contribution is -2.29. The van der Waals surface area contributed by atoms with Crippen LogP contribution in [0.25, 0.3) is 0 Å². The van der Waals surface area contributed by atoms with Gasteiger partial charge in [-0.1, -0.05) is 30.3 Å². The summed E-state index contributed by atoms with van der Waals surface area (Å²) in [5, 5.41) is 9.33. The second-order valence-corrected chi connectivity index (χ2v) is 4.32. The fourth-order valence-corrected chi connectivity index (χ4v) is 1.92. The Kier molecular flexibility index (Phi) is 4.12. The lowest BCUT2D eigenvalue weighted by Gasteiger charge is -2.13. The van der Waals surface area contributed by atoms with Crippen LogP contribution in [0.2, 0.25) is 0 Å². The first-order valence-electron chi connectivity index (χ1n) is 5.84. The van der Waals surface area contributed by atoms with Crippen LogP contribution in [0.4, 0.5) is 0 Å². The highest BCUT2D eigenvalue weighted by atomic mass is 16.5. The molecule has 17 heavy (non-hydrogen) atoms. The smallest absolute Gasteiger partial charge is 0.320 e. The Morgan fingerprint density at radius 2 is 2.18 bits per heavy atom. The summed E-state index contributed by atoms with van der Waals surface area (Å²) in [6, 6.07) is 9.61. The average molecular weight is 235 g/mol. The normalized spacial score (nSPS) is 20.4. The second kappa shape index (κ2) is 5.80. The summed E-state index contributed by atoms with van der Waals surface area (Å²) in [5.74, 6) is -0.233. The highest BCUT2D eigenvalue weighted by Gasteiger charge is 2.22. The second-order valence-electron chi connectivity index (χ2n) is 4.32. The number of carbonyl (C=O) groups excluding carboxylic acids is 1. The highest BCUT2D eigenvalue weighted by molar-refractivity contribution is 5.71. The van der Waals surface area contributed by atoms with Gasteiger partial charge in [0.15, 0.2) is 0 Å². The topological polar surface area (TPSA) is 49.8 Å². The molecule has 1 saturated heterocycles. The highest BCUT2D eigenvalue weighted by Crippen LogP contribution is 2.08. The zero-order valence-corrected chi connectivity index (χ0v) is 9.71. The number of hydrogen-bond acceptors (Lipinski definition) is 4. The van der Waals surface area contributed by atoms with E-state index >= 15 is 0 Å². The number of rotatable bonds is 4. The van der Waals surface area contributed by atoms with Crippen molar-refractivity contribution in [3.8, 4) is 0 Å². The summed E-state index contributed by atoms with van der Waals surface area (Å²) in [5.41, 5.74) is 0.988. The van der Waals surface area contributed by atoms with Crippen LogP contribution >= 0.6 is 0 Å².